The Morgan fingerprint density at radius 2 is 1.41 bits per heavy atom. The van der Waals surface area contributed by atoms with Gasteiger partial charge >= 0.3 is 17.9 Å². The summed E-state index contributed by atoms with van der Waals surface area (Å²) < 4.78 is 39.4. The van der Waals surface area contributed by atoms with Crippen LogP contribution in [-0.4, -0.2) is 86.8 Å². The maximum absolute atomic E-state index is 14.1. The van der Waals surface area contributed by atoms with Crippen LogP contribution in [0.25, 0.3) is 0 Å². The minimum atomic E-state index is -2.56. The largest absolute Gasteiger partial charge is 0.459 e. The molecule has 3 aromatic rings. The number of halogens is 2. The van der Waals surface area contributed by atoms with Gasteiger partial charge in [0.2, 0.25) is 0 Å². The summed E-state index contributed by atoms with van der Waals surface area (Å²) in [6.07, 6.45) is -5.70. The third-order valence-electron chi connectivity index (χ3n) is 12.2. The van der Waals surface area contributed by atoms with Crippen LogP contribution in [0.5, 0.6) is 0 Å². The van der Waals surface area contributed by atoms with Crippen molar-refractivity contribution in [2.75, 3.05) is 6.61 Å². The number of fused-ring (bicyclic) bond motifs is 2. The lowest BCUT2D eigenvalue weighted by molar-refractivity contribution is -0.570. The van der Waals surface area contributed by atoms with Gasteiger partial charge in [0.05, 0.1) is 17.0 Å². The van der Waals surface area contributed by atoms with E-state index in [1.165, 1.54) is 6.08 Å². The van der Waals surface area contributed by atoms with E-state index in [4.69, 9.17) is 51.6 Å². The summed E-state index contributed by atoms with van der Waals surface area (Å²) in [6, 6.07) is 25.6. The normalized spacial score (nSPS) is 40.8. The van der Waals surface area contributed by atoms with Crippen LogP contribution in [0.4, 0.5) is 0 Å². The first-order valence-corrected chi connectivity index (χ1v) is 18.4. The monoisotopic (exact) mass is 774 g/mol. The summed E-state index contributed by atoms with van der Waals surface area (Å²) in [5.41, 5.74) is -6.46. The molecule has 280 valence electrons. The Hall–Kier alpha value is -3.88. The van der Waals surface area contributed by atoms with Crippen LogP contribution in [-0.2, 0) is 34.4 Å². The first-order valence-electron chi connectivity index (χ1n) is 17.6. The highest BCUT2D eigenvalue weighted by atomic mass is 35.5. The van der Waals surface area contributed by atoms with Gasteiger partial charge in [-0.15, -0.1) is 0 Å². The molecule has 4 saturated heterocycles. The second-order valence-corrected chi connectivity index (χ2v) is 15.8. The molecule has 3 N–H and O–H groups in total. The van der Waals surface area contributed by atoms with Crippen molar-refractivity contribution >= 4 is 35.1 Å². The molecule has 4 heterocycles. The highest BCUT2D eigenvalue weighted by Crippen LogP contribution is 2.74. The Labute approximate surface area is 320 Å². The number of epoxide rings is 1. The third-order valence-corrected chi connectivity index (χ3v) is 12.7. The molecule has 6 fully saturated rings. The van der Waals surface area contributed by atoms with E-state index in [1.807, 2.05) is 6.07 Å². The number of hydrogen-bond acceptors (Lipinski definition) is 11. The van der Waals surface area contributed by atoms with Crippen molar-refractivity contribution in [1.82, 2.24) is 0 Å². The predicted molar refractivity (Wildman–Crippen MR) is 192 cm³/mol. The molecule has 7 aliphatic rings. The molecule has 4 aliphatic heterocycles. The van der Waals surface area contributed by atoms with Crippen LogP contribution >= 0.6 is 23.2 Å². The fourth-order valence-electron chi connectivity index (χ4n) is 9.69. The molecule has 1 spiro atoms. The number of carbonyl (C=O) groups is 2. The van der Waals surface area contributed by atoms with Crippen molar-refractivity contribution in [3.05, 3.63) is 142 Å². The Morgan fingerprint density at radius 1 is 0.833 bits per heavy atom. The van der Waals surface area contributed by atoms with Gasteiger partial charge in [-0.1, -0.05) is 103 Å². The molecule has 11 nitrogen and oxygen atoms in total. The number of aliphatic hydroxyl groups is 3. The van der Waals surface area contributed by atoms with Gasteiger partial charge in [-0.3, -0.25) is 0 Å². The van der Waals surface area contributed by atoms with Gasteiger partial charge in [0, 0.05) is 22.6 Å². The molecule has 10 rings (SSSR count). The van der Waals surface area contributed by atoms with Gasteiger partial charge in [0.25, 0.3) is 0 Å². The maximum atomic E-state index is 14.1. The smallest absolute Gasteiger partial charge is 0.339 e. The first-order chi connectivity index (χ1) is 25.8. The number of hydrogen-bond donors (Lipinski definition) is 3. The predicted octanol–water partition coefficient (Wildman–Crippen LogP) is 4.88. The molecule has 3 aromatic carbocycles. The number of carbonyl (C=O) groups excluding carboxylic acids is 2. The lowest BCUT2D eigenvalue weighted by atomic mass is 9.53. The van der Waals surface area contributed by atoms with Crippen molar-refractivity contribution < 1.29 is 53.3 Å². The van der Waals surface area contributed by atoms with E-state index in [2.05, 4.69) is 6.58 Å². The van der Waals surface area contributed by atoms with Crippen molar-refractivity contribution in [2.45, 2.75) is 72.7 Å². The first kappa shape index (κ1) is 35.8. The average molecular weight is 776 g/mol. The van der Waals surface area contributed by atoms with Crippen molar-refractivity contribution in [3.8, 4) is 0 Å². The van der Waals surface area contributed by atoms with E-state index < -0.39 is 89.3 Å². The van der Waals surface area contributed by atoms with E-state index >= 15 is 0 Å². The summed E-state index contributed by atoms with van der Waals surface area (Å²) in [5, 5.41) is 37.3. The van der Waals surface area contributed by atoms with Crippen LogP contribution in [0.3, 0.4) is 0 Å². The molecule has 2 saturated carbocycles. The summed E-state index contributed by atoms with van der Waals surface area (Å²) in [7, 11) is 0. The van der Waals surface area contributed by atoms with Gasteiger partial charge in [-0.2, -0.15) is 0 Å². The van der Waals surface area contributed by atoms with Crippen LogP contribution in [0.15, 0.2) is 125 Å². The van der Waals surface area contributed by atoms with Gasteiger partial charge in [0.1, 0.15) is 52.8 Å². The fraction of sp³-hybridized carbons (Fsp3) is 0.366. The van der Waals surface area contributed by atoms with Crippen LogP contribution in [0.2, 0.25) is 0 Å². The number of aliphatic hydroxyl groups excluding tert-OH is 2. The van der Waals surface area contributed by atoms with Crippen molar-refractivity contribution in [1.29, 1.82) is 0 Å². The minimum absolute atomic E-state index is 0.0393. The molecule has 12 atom stereocenters. The minimum Gasteiger partial charge on any atom is -0.459 e. The number of benzene rings is 3. The number of ether oxygens (including phenoxy) is 6. The molecular formula is C41H36Cl2O11. The van der Waals surface area contributed by atoms with E-state index in [0.717, 1.165) is 0 Å². The quantitative estimate of drug-likeness (QED) is 0.171. The third kappa shape index (κ3) is 4.50. The Kier molecular flexibility index (Phi) is 7.99. The Morgan fingerprint density at radius 3 is 2.00 bits per heavy atom. The zero-order valence-corrected chi connectivity index (χ0v) is 30.6. The zero-order valence-electron chi connectivity index (χ0n) is 29.1. The van der Waals surface area contributed by atoms with Crippen LogP contribution in [0.1, 0.15) is 40.1 Å². The highest BCUT2D eigenvalue weighted by molar-refractivity contribution is 6.56. The SMILES string of the molecule is C=C(C)[C@@]1(OC(=O)c2ccccc2)[C@@H]2O[C@]3(c4ccccc4)O[C@H]1[C@@H](C)[C@]1(O3)C3=CC(=C(Cl)Cl)[C@H](O)[C@@]3(O)[C@H](O)[C@@]3(COC(=O)c4ccccc4)O[C@H]3[C@@H]21. The van der Waals surface area contributed by atoms with Crippen molar-refractivity contribution in [3.63, 3.8) is 0 Å². The van der Waals surface area contributed by atoms with E-state index in [9.17, 15) is 24.9 Å². The molecule has 0 amide bonds. The number of rotatable bonds is 7. The summed E-state index contributed by atoms with van der Waals surface area (Å²) in [5.74, 6) is -5.20. The van der Waals surface area contributed by atoms with Crippen LogP contribution < -0.4 is 0 Å². The van der Waals surface area contributed by atoms with E-state index in [-0.39, 0.29) is 26.8 Å². The topological polar surface area (TPSA) is 154 Å². The Bertz CT molecular complexity index is 2130. The Balaban J connectivity index is 1.27. The average Bonchev–Trinajstić information content (AvgIpc) is 3.84. The van der Waals surface area contributed by atoms with Gasteiger partial charge in [-0.05, 0) is 42.8 Å². The van der Waals surface area contributed by atoms with Crippen LogP contribution in [0, 0.1) is 11.8 Å². The second-order valence-electron chi connectivity index (χ2n) is 14.9. The summed E-state index contributed by atoms with van der Waals surface area (Å²) in [6.45, 7) is 7.28. The molecule has 13 heteroatoms. The number of esters is 2. The van der Waals surface area contributed by atoms with Crippen molar-refractivity contribution in [2.24, 2.45) is 11.8 Å². The zero-order chi connectivity index (χ0) is 38.0. The van der Waals surface area contributed by atoms with Gasteiger partial charge in [0.15, 0.2) is 11.2 Å². The van der Waals surface area contributed by atoms with Gasteiger partial charge < -0.3 is 43.7 Å². The summed E-state index contributed by atoms with van der Waals surface area (Å²) in [4.78, 5) is 27.4. The lowest BCUT2D eigenvalue weighted by Gasteiger charge is -2.72. The molecular weight excluding hydrogens is 739 g/mol. The second kappa shape index (κ2) is 12.1. The lowest BCUT2D eigenvalue weighted by Crippen LogP contribution is -2.85. The highest BCUT2D eigenvalue weighted by Gasteiger charge is 2.89. The fourth-order valence-corrected chi connectivity index (χ4v) is 10.0. The molecule has 3 aliphatic carbocycles. The van der Waals surface area contributed by atoms with E-state index in [0.29, 0.717) is 11.1 Å². The molecule has 0 radical (unpaired) electrons. The standard InChI is InChI=1S/C41H36Cl2O11/c1-21(2)39(53-35(46)24-15-9-5-10-16-24)30-22(3)40-27-19-26(33(42)43)29(44)38(27,48)36(47)37(20-49-34(45)23-13-7-4-8-14-23)31(50-37)28(40)32(39)52-41(51-30,54-40)25-17-11-6-12-18-25/h4-19,22,28-32,36,44,47-48H,1,20H2,2-3H3/t22-,28+,29+,30+,31+,32-,36-,37+,38-,39+,40+,41+/m1/s1. The molecule has 4 bridgehead atoms. The molecule has 0 unspecified atom stereocenters. The molecule has 54 heavy (non-hydrogen) atoms. The van der Waals surface area contributed by atoms with E-state index in [1.54, 1.807) is 98.8 Å². The summed E-state index contributed by atoms with van der Waals surface area (Å²) >= 11 is 12.7. The maximum Gasteiger partial charge on any atom is 0.339 e. The molecule has 0 aromatic heterocycles. The van der Waals surface area contributed by atoms with Gasteiger partial charge in [-0.25, -0.2) is 9.59 Å².